The molecule has 0 bridgehead atoms. The zero-order valence-electron chi connectivity index (χ0n) is 16.8. The molecule has 1 saturated carbocycles. The van der Waals surface area contributed by atoms with Gasteiger partial charge in [-0.2, -0.15) is 5.26 Å². The quantitative estimate of drug-likeness (QED) is 0.431. The van der Waals surface area contributed by atoms with Crippen LogP contribution in [0.5, 0.6) is 0 Å². The summed E-state index contributed by atoms with van der Waals surface area (Å²) < 4.78 is 5.19. The average Bonchev–Trinajstić information content (AvgIpc) is 2.78. The maximum absolute atomic E-state index is 12.4. The third kappa shape index (κ3) is 5.06. The fourth-order valence-corrected chi connectivity index (χ4v) is 4.22. The zero-order chi connectivity index (χ0) is 21.6. The molecule has 0 aromatic heterocycles. The highest BCUT2D eigenvalue weighted by atomic mass is 16.6. The number of carbonyl (C=O) groups is 2. The predicted molar refractivity (Wildman–Crippen MR) is 109 cm³/mol. The van der Waals surface area contributed by atoms with Gasteiger partial charge in [0.25, 0.3) is 11.6 Å². The fourth-order valence-electron chi connectivity index (χ4n) is 4.22. The van der Waals surface area contributed by atoms with Crippen molar-refractivity contribution in [1.29, 1.82) is 5.26 Å². The van der Waals surface area contributed by atoms with Crippen molar-refractivity contribution in [1.82, 2.24) is 5.32 Å². The Hall–Kier alpha value is -3.15. The second-order valence-corrected chi connectivity index (χ2v) is 7.92. The van der Waals surface area contributed by atoms with Crippen molar-refractivity contribution in [3.63, 3.8) is 0 Å². The van der Waals surface area contributed by atoms with E-state index in [-0.39, 0.29) is 11.6 Å². The van der Waals surface area contributed by atoms with Crippen LogP contribution in [0.3, 0.4) is 0 Å². The molecule has 0 radical (unpaired) electrons. The van der Waals surface area contributed by atoms with Crippen molar-refractivity contribution in [2.75, 3.05) is 24.6 Å². The predicted octanol–water partition coefficient (Wildman–Crippen LogP) is 2.70. The van der Waals surface area contributed by atoms with E-state index in [0.29, 0.717) is 44.5 Å². The number of nitrogens with one attached hydrogen (secondary N) is 1. The van der Waals surface area contributed by atoms with E-state index < -0.39 is 28.9 Å². The first-order chi connectivity index (χ1) is 14.4. The molecule has 2 fully saturated rings. The normalized spacial score (nSPS) is 18.8. The van der Waals surface area contributed by atoms with Crippen molar-refractivity contribution in [3.05, 3.63) is 34.4 Å². The Morgan fingerprint density at radius 2 is 1.90 bits per heavy atom. The Morgan fingerprint density at radius 3 is 2.53 bits per heavy atom. The maximum atomic E-state index is 12.4. The molecular weight excluding hydrogens is 388 g/mol. The number of amides is 1. The molecule has 1 aromatic rings. The number of nitriles is 1. The number of esters is 1. The summed E-state index contributed by atoms with van der Waals surface area (Å²) in [4.78, 5) is 37.3. The number of benzene rings is 1. The lowest BCUT2D eigenvalue weighted by Crippen LogP contribution is -2.50. The first-order valence-corrected chi connectivity index (χ1v) is 10.3. The summed E-state index contributed by atoms with van der Waals surface area (Å²) in [6.45, 7) is 0.593. The van der Waals surface area contributed by atoms with Gasteiger partial charge in [-0.25, -0.2) is 0 Å². The van der Waals surface area contributed by atoms with Crippen LogP contribution in [0.25, 0.3) is 0 Å². The lowest BCUT2D eigenvalue weighted by Gasteiger charge is -2.32. The van der Waals surface area contributed by atoms with Gasteiger partial charge in [-0.15, -0.1) is 0 Å². The van der Waals surface area contributed by atoms with E-state index in [1.807, 2.05) is 4.90 Å². The lowest BCUT2D eigenvalue weighted by atomic mass is 9.83. The minimum absolute atomic E-state index is 0.0457. The lowest BCUT2D eigenvalue weighted by molar-refractivity contribution is -0.384. The van der Waals surface area contributed by atoms with E-state index in [2.05, 4.69) is 11.4 Å². The van der Waals surface area contributed by atoms with E-state index in [9.17, 15) is 25.0 Å². The van der Waals surface area contributed by atoms with E-state index in [1.165, 1.54) is 6.07 Å². The molecule has 9 nitrogen and oxygen atoms in total. The van der Waals surface area contributed by atoms with Gasteiger partial charge in [-0.05, 0) is 31.7 Å². The van der Waals surface area contributed by atoms with Crippen LogP contribution in [0.2, 0.25) is 0 Å². The Bertz CT molecular complexity index is 836. The van der Waals surface area contributed by atoms with E-state index >= 15 is 0 Å². The van der Waals surface area contributed by atoms with Crippen LogP contribution >= 0.6 is 0 Å². The summed E-state index contributed by atoms with van der Waals surface area (Å²) in [5, 5.41) is 23.4. The molecule has 0 unspecified atom stereocenters. The van der Waals surface area contributed by atoms with Gasteiger partial charge in [0.1, 0.15) is 11.2 Å². The topological polar surface area (TPSA) is 126 Å². The highest BCUT2D eigenvalue weighted by Gasteiger charge is 2.34. The number of para-hydroxylation sites is 2. The molecule has 0 atom stereocenters. The number of carbonyl (C=O) groups excluding carboxylic acids is 2. The smallest absolute Gasteiger partial charge is 0.309 e. The van der Waals surface area contributed by atoms with Crippen LogP contribution in [0.15, 0.2) is 24.3 Å². The Labute approximate surface area is 175 Å². The molecule has 1 saturated heterocycles. The summed E-state index contributed by atoms with van der Waals surface area (Å²) in [5.74, 6) is -1.25. The standard InChI is InChI=1S/C21H26N4O5/c22-15-21(10-4-1-5-11-21)23-19(26)14-30-20(27)16-8-12-24(13-9-16)17-6-2-3-7-18(17)25(28)29/h2-3,6-7,16H,1,4-5,8-14H2,(H,23,26). The number of nitrogens with zero attached hydrogens (tertiary/aromatic N) is 3. The van der Waals surface area contributed by atoms with Crippen molar-refractivity contribution in [2.45, 2.75) is 50.5 Å². The average molecular weight is 414 g/mol. The van der Waals surface area contributed by atoms with Crippen molar-refractivity contribution >= 4 is 23.3 Å². The number of hydrogen-bond donors (Lipinski definition) is 1. The number of ether oxygens (including phenoxy) is 1. The highest BCUT2D eigenvalue weighted by molar-refractivity contribution is 5.82. The molecule has 30 heavy (non-hydrogen) atoms. The molecule has 0 spiro atoms. The van der Waals surface area contributed by atoms with E-state index in [4.69, 9.17) is 4.74 Å². The van der Waals surface area contributed by atoms with Crippen molar-refractivity contribution < 1.29 is 19.2 Å². The molecule has 1 amide bonds. The molecular formula is C21H26N4O5. The van der Waals surface area contributed by atoms with E-state index in [0.717, 1.165) is 19.3 Å². The SMILES string of the molecule is N#CC1(NC(=O)COC(=O)C2CCN(c3ccccc3[N+](=O)[O-])CC2)CCCCC1. The van der Waals surface area contributed by atoms with E-state index in [1.54, 1.807) is 18.2 Å². The summed E-state index contributed by atoms with van der Waals surface area (Å²) in [6.07, 6.45) is 5.07. The van der Waals surface area contributed by atoms with Crippen LogP contribution in [0.4, 0.5) is 11.4 Å². The molecule has 1 N–H and O–H groups in total. The van der Waals surface area contributed by atoms with Gasteiger partial charge in [-0.3, -0.25) is 19.7 Å². The van der Waals surface area contributed by atoms with Gasteiger partial charge < -0.3 is 15.0 Å². The Morgan fingerprint density at radius 1 is 1.23 bits per heavy atom. The highest BCUT2D eigenvalue weighted by Crippen LogP contribution is 2.31. The van der Waals surface area contributed by atoms with Crippen LogP contribution in [-0.4, -0.2) is 42.0 Å². The molecule has 3 rings (SSSR count). The first kappa shape index (κ1) is 21.6. The van der Waals surface area contributed by atoms with Gasteiger partial charge in [0.15, 0.2) is 6.61 Å². The van der Waals surface area contributed by atoms with Crippen LogP contribution in [-0.2, 0) is 14.3 Å². The Balaban J connectivity index is 1.47. The Kier molecular flexibility index (Phi) is 6.87. The van der Waals surface area contributed by atoms with Crippen LogP contribution in [0, 0.1) is 27.4 Å². The molecule has 9 heteroatoms. The largest absolute Gasteiger partial charge is 0.455 e. The number of nitro groups is 1. The monoisotopic (exact) mass is 414 g/mol. The second kappa shape index (κ2) is 9.57. The summed E-state index contributed by atoms with van der Waals surface area (Å²) in [6, 6.07) is 8.76. The first-order valence-electron chi connectivity index (χ1n) is 10.3. The van der Waals surface area contributed by atoms with Gasteiger partial charge in [0.05, 0.1) is 16.9 Å². The summed E-state index contributed by atoms with van der Waals surface area (Å²) in [7, 11) is 0. The van der Waals surface area contributed by atoms with Gasteiger partial charge in [-0.1, -0.05) is 31.4 Å². The number of rotatable bonds is 6. The van der Waals surface area contributed by atoms with Crippen LogP contribution < -0.4 is 10.2 Å². The minimum Gasteiger partial charge on any atom is -0.455 e. The molecule has 1 aliphatic heterocycles. The number of nitro benzene ring substituents is 1. The van der Waals surface area contributed by atoms with Gasteiger partial charge in [0.2, 0.25) is 0 Å². The van der Waals surface area contributed by atoms with Crippen LogP contribution in [0.1, 0.15) is 44.9 Å². The maximum Gasteiger partial charge on any atom is 0.309 e. The zero-order valence-corrected chi connectivity index (χ0v) is 16.8. The minimum atomic E-state index is -0.850. The van der Waals surface area contributed by atoms with Crippen molar-refractivity contribution in [3.8, 4) is 6.07 Å². The molecule has 2 aliphatic rings. The van der Waals surface area contributed by atoms with Crippen molar-refractivity contribution in [2.24, 2.45) is 5.92 Å². The van der Waals surface area contributed by atoms with Gasteiger partial charge in [0, 0.05) is 19.2 Å². The number of anilines is 1. The molecule has 1 aliphatic carbocycles. The third-order valence-electron chi connectivity index (χ3n) is 5.89. The summed E-state index contributed by atoms with van der Waals surface area (Å²) in [5.41, 5.74) is -0.260. The molecule has 160 valence electrons. The summed E-state index contributed by atoms with van der Waals surface area (Å²) >= 11 is 0. The third-order valence-corrected chi connectivity index (χ3v) is 5.89. The fraction of sp³-hybridized carbons (Fsp3) is 0.571. The number of hydrogen-bond acceptors (Lipinski definition) is 7. The number of piperidine rings is 1. The molecule has 1 aromatic carbocycles. The van der Waals surface area contributed by atoms with Gasteiger partial charge >= 0.3 is 5.97 Å². The second-order valence-electron chi connectivity index (χ2n) is 7.92. The molecule has 1 heterocycles.